The topological polar surface area (TPSA) is 30.7 Å². The van der Waals surface area contributed by atoms with Gasteiger partial charge in [0.2, 0.25) is 0 Å². The summed E-state index contributed by atoms with van der Waals surface area (Å²) in [5, 5.41) is 9.62. The van der Waals surface area contributed by atoms with Crippen molar-refractivity contribution in [3.8, 4) is 17.1 Å². The van der Waals surface area contributed by atoms with E-state index in [9.17, 15) is 4.39 Å². The lowest BCUT2D eigenvalue weighted by Crippen LogP contribution is -2.00. The molecule has 4 rings (SSSR count). The number of halogens is 1. The summed E-state index contributed by atoms with van der Waals surface area (Å²) in [5.41, 5.74) is 4.23. The van der Waals surface area contributed by atoms with E-state index >= 15 is 0 Å². The molecule has 0 N–H and O–H groups in total. The molecule has 0 saturated carbocycles. The molecule has 4 aromatic rings. The smallest absolute Gasteiger partial charge is 0.196 e. The highest BCUT2D eigenvalue weighted by Crippen LogP contribution is 2.30. The van der Waals surface area contributed by atoms with Gasteiger partial charge in [-0.15, -0.1) is 10.2 Å². The van der Waals surface area contributed by atoms with Gasteiger partial charge in [-0.3, -0.25) is 4.57 Å². The van der Waals surface area contributed by atoms with Crippen LogP contribution in [0, 0.1) is 12.7 Å². The van der Waals surface area contributed by atoms with Gasteiger partial charge in [-0.05, 0) is 48.9 Å². The van der Waals surface area contributed by atoms with Crippen molar-refractivity contribution in [2.24, 2.45) is 0 Å². The monoisotopic (exact) mass is 375 g/mol. The first-order chi connectivity index (χ1) is 13.2. The van der Waals surface area contributed by atoms with Gasteiger partial charge in [0.15, 0.2) is 11.0 Å². The van der Waals surface area contributed by atoms with Crippen LogP contribution in [0.4, 0.5) is 4.39 Å². The van der Waals surface area contributed by atoms with Gasteiger partial charge in [-0.25, -0.2) is 4.39 Å². The van der Waals surface area contributed by atoms with E-state index in [2.05, 4.69) is 53.5 Å². The van der Waals surface area contributed by atoms with Gasteiger partial charge in [0.25, 0.3) is 0 Å². The maximum atomic E-state index is 13.3. The van der Waals surface area contributed by atoms with Crippen LogP contribution in [0.5, 0.6) is 0 Å². The first-order valence-corrected chi connectivity index (χ1v) is 9.64. The maximum Gasteiger partial charge on any atom is 0.196 e. The molecule has 0 aliphatic heterocycles. The zero-order chi connectivity index (χ0) is 18.6. The van der Waals surface area contributed by atoms with E-state index in [1.807, 2.05) is 22.8 Å². The zero-order valence-corrected chi connectivity index (χ0v) is 15.7. The SMILES string of the molecule is Cc1ccc(-n2c(SCc3ccccc3)nnc2-c2ccc(F)cc2)cc1. The molecule has 134 valence electrons. The van der Waals surface area contributed by atoms with Gasteiger partial charge in [-0.2, -0.15) is 0 Å². The van der Waals surface area contributed by atoms with Crippen molar-refractivity contribution in [2.45, 2.75) is 17.8 Å². The van der Waals surface area contributed by atoms with Crippen LogP contribution in [-0.2, 0) is 5.75 Å². The molecule has 0 aliphatic carbocycles. The quantitative estimate of drug-likeness (QED) is 0.421. The van der Waals surface area contributed by atoms with Crippen LogP contribution in [0.2, 0.25) is 0 Å². The predicted octanol–water partition coefficient (Wildman–Crippen LogP) is 5.67. The van der Waals surface area contributed by atoms with Crippen LogP contribution in [0.15, 0.2) is 84.0 Å². The number of hydrogen-bond donors (Lipinski definition) is 0. The normalized spacial score (nSPS) is 10.9. The van der Waals surface area contributed by atoms with Gasteiger partial charge in [0.05, 0.1) is 0 Å². The summed E-state index contributed by atoms with van der Waals surface area (Å²) in [6.45, 7) is 2.06. The second kappa shape index (κ2) is 7.76. The number of nitrogens with zero attached hydrogens (tertiary/aromatic N) is 3. The number of aryl methyl sites for hydroxylation is 1. The van der Waals surface area contributed by atoms with Gasteiger partial charge in [0.1, 0.15) is 5.82 Å². The molecule has 0 aliphatic rings. The molecule has 0 amide bonds. The number of hydrogen-bond acceptors (Lipinski definition) is 3. The minimum absolute atomic E-state index is 0.265. The summed E-state index contributed by atoms with van der Waals surface area (Å²) in [7, 11) is 0. The van der Waals surface area contributed by atoms with Gasteiger partial charge < -0.3 is 0 Å². The maximum absolute atomic E-state index is 13.3. The predicted molar refractivity (Wildman–Crippen MR) is 107 cm³/mol. The van der Waals surface area contributed by atoms with Crippen LogP contribution in [0.25, 0.3) is 17.1 Å². The van der Waals surface area contributed by atoms with Crippen molar-refractivity contribution in [1.82, 2.24) is 14.8 Å². The third-order valence-electron chi connectivity index (χ3n) is 4.24. The highest BCUT2D eigenvalue weighted by molar-refractivity contribution is 7.98. The third kappa shape index (κ3) is 3.93. The molecular formula is C22H18FN3S. The fourth-order valence-electron chi connectivity index (χ4n) is 2.80. The second-order valence-electron chi connectivity index (χ2n) is 6.26. The van der Waals surface area contributed by atoms with Crippen molar-refractivity contribution in [2.75, 3.05) is 0 Å². The average Bonchev–Trinajstić information content (AvgIpc) is 3.12. The van der Waals surface area contributed by atoms with Crippen LogP contribution >= 0.6 is 11.8 Å². The Kier molecular flexibility index (Phi) is 5.03. The van der Waals surface area contributed by atoms with Gasteiger partial charge in [-0.1, -0.05) is 59.8 Å². The molecule has 0 radical (unpaired) electrons. The largest absolute Gasteiger partial charge is 0.270 e. The fourth-order valence-corrected chi connectivity index (χ4v) is 3.71. The van der Waals surface area contributed by atoms with Crippen LogP contribution < -0.4 is 0 Å². The highest BCUT2D eigenvalue weighted by Gasteiger charge is 2.16. The van der Waals surface area contributed by atoms with Crippen molar-refractivity contribution >= 4 is 11.8 Å². The molecule has 0 saturated heterocycles. The molecule has 0 fully saturated rings. The Morgan fingerprint density at radius 3 is 2.26 bits per heavy atom. The Labute approximate surface area is 161 Å². The number of thioether (sulfide) groups is 1. The van der Waals surface area contributed by atoms with Crippen molar-refractivity contribution in [1.29, 1.82) is 0 Å². The molecule has 0 unspecified atom stereocenters. The Morgan fingerprint density at radius 1 is 0.852 bits per heavy atom. The second-order valence-corrected chi connectivity index (χ2v) is 7.20. The summed E-state index contributed by atoms with van der Waals surface area (Å²) in [6, 6.07) is 24.9. The molecule has 3 nitrogen and oxygen atoms in total. The lowest BCUT2D eigenvalue weighted by molar-refractivity contribution is 0.628. The molecule has 1 heterocycles. The third-order valence-corrected chi connectivity index (χ3v) is 5.24. The summed E-state index contributed by atoms with van der Waals surface area (Å²) < 4.78 is 15.4. The zero-order valence-electron chi connectivity index (χ0n) is 14.8. The van der Waals surface area contributed by atoms with Crippen LogP contribution in [-0.4, -0.2) is 14.8 Å². The van der Waals surface area contributed by atoms with Gasteiger partial charge >= 0.3 is 0 Å². The van der Waals surface area contributed by atoms with E-state index in [0.29, 0.717) is 5.82 Å². The van der Waals surface area contributed by atoms with Gasteiger partial charge in [0, 0.05) is 17.0 Å². The Balaban J connectivity index is 1.74. The highest BCUT2D eigenvalue weighted by atomic mass is 32.2. The summed E-state index contributed by atoms with van der Waals surface area (Å²) in [5.74, 6) is 1.24. The standard InChI is InChI=1S/C22H18FN3S/c1-16-7-13-20(14-8-16)26-21(18-9-11-19(23)12-10-18)24-25-22(26)27-15-17-5-3-2-4-6-17/h2-14H,15H2,1H3. The fraction of sp³-hybridized carbons (Fsp3) is 0.0909. The molecule has 0 atom stereocenters. The van der Waals surface area contributed by atoms with Crippen molar-refractivity contribution < 1.29 is 4.39 Å². The lowest BCUT2D eigenvalue weighted by atomic mass is 10.2. The van der Waals surface area contributed by atoms with Crippen LogP contribution in [0.3, 0.4) is 0 Å². The Bertz CT molecular complexity index is 1030. The first-order valence-electron chi connectivity index (χ1n) is 8.66. The van der Waals surface area contributed by atoms with E-state index in [1.54, 1.807) is 23.9 Å². The average molecular weight is 375 g/mol. The van der Waals surface area contributed by atoms with E-state index in [4.69, 9.17) is 0 Å². The number of benzene rings is 3. The molecule has 3 aromatic carbocycles. The number of rotatable bonds is 5. The minimum Gasteiger partial charge on any atom is -0.270 e. The van der Waals surface area contributed by atoms with E-state index < -0.39 is 0 Å². The first kappa shape index (κ1) is 17.5. The Hall–Kier alpha value is -2.92. The van der Waals surface area contributed by atoms with Crippen LogP contribution in [0.1, 0.15) is 11.1 Å². The summed E-state index contributed by atoms with van der Waals surface area (Å²) in [4.78, 5) is 0. The summed E-state index contributed by atoms with van der Waals surface area (Å²) >= 11 is 1.63. The van der Waals surface area contributed by atoms with Crippen molar-refractivity contribution in [3.05, 3.63) is 95.8 Å². The minimum atomic E-state index is -0.265. The number of aromatic nitrogens is 3. The van der Waals surface area contributed by atoms with E-state index in [1.165, 1.54) is 23.3 Å². The molecule has 0 spiro atoms. The molecule has 1 aromatic heterocycles. The van der Waals surface area contributed by atoms with E-state index in [-0.39, 0.29) is 5.82 Å². The lowest BCUT2D eigenvalue weighted by Gasteiger charge is -2.11. The molecule has 27 heavy (non-hydrogen) atoms. The molecule has 5 heteroatoms. The summed E-state index contributed by atoms with van der Waals surface area (Å²) in [6.07, 6.45) is 0. The molecular weight excluding hydrogens is 357 g/mol. The van der Waals surface area contributed by atoms with E-state index in [0.717, 1.165) is 22.2 Å². The molecule has 0 bridgehead atoms. The Morgan fingerprint density at radius 2 is 1.56 bits per heavy atom. The van der Waals surface area contributed by atoms with Crippen molar-refractivity contribution in [3.63, 3.8) is 0 Å².